The van der Waals surface area contributed by atoms with Gasteiger partial charge < -0.3 is 0 Å². The Labute approximate surface area is 105 Å². The summed E-state index contributed by atoms with van der Waals surface area (Å²) in [5, 5.41) is -0.118. The van der Waals surface area contributed by atoms with Crippen molar-refractivity contribution in [1.29, 1.82) is 0 Å². The Morgan fingerprint density at radius 1 is 1.35 bits per heavy atom. The molecule has 0 aliphatic heterocycles. The maximum absolute atomic E-state index is 11.8. The summed E-state index contributed by atoms with van der Waals surface area (Å²) in [6, 6.07) is 0. The van der Waals surface area contributed by atoms with Crippen LogP contribution in [0, 0.1) is 0 Å². The van der Waals surface area contributed by atoms with E-state index in [1.54, 1.807) is 0 Å². The zero-order valence-corrected chi connectivity index (χ0v) is 11.1. The van der Waals surface area contributed by atoms with Gasteiger partial charge in [-0.05, 0) is 19.3 Å². The molecular weight excluding hydrogens is 279 g/mol. The van der Waals surface area contributed by atoms with E-state index in [1.165, 1.54) is 0 Å². The Bertz CT molecular complexity index is 306. The van der Waals surface area contributed by atoms with E-state index in [-0.39, 0.29) is 11.9 Å². The van der Waals surface area contributed by atoms with E-state index in [4.69, 9.17) is 11.6 Å². The fourth-order valence-corrected chi connectivity index (χ4v) is 2.32. The SMILES string of the molecule is CCC(Cl)CCNS(=O)(=O)CCCC(F)(F)F. The summed E-state index contributed by atoms with van der Waals surface area (Å²) in [6.45, 7) is 2.03. The lowest BCUT2D eigenvalue weighted by atomic mass is 10.2. The van der Waals surface area contributed by atoms with Gasteiger partial charge in [-0.3, -0.25) is 0 Å². The van der Waals surface area contributed by atoms with Gasteiger partial charge in [0.2, 0.25) is 10.0 Å². The predicted octanol–water partition coefficient (Wildman–Crippen LogP) is 2.66. The molecule has 0 aromatic rings. The quantitative estimate of drug-likeness (QED) is 0.700. The number of nitrogens with one attached hydrogen (secondary N) is 1. The van der Waals surface area contributed by atoms with Crippen LogP contribution in [0.2, 0.25) is 0 Å². The summed E-state index contributed by atoms with van der Waals surface area (Å²) in [7, 11) is -3.62. The molecule has 0 heterocycles. The third-order valence-electron chi connectivity index (χ3n) is 2.10. The maximum atomic E-state index is 11.8. The minimum atomic E-state index is -4.31. The van der Waals surface area contributed by atoms with Crippen LogP contribution in [0.4, 0.5) is 13.2 Å². The molecule has 0 amide bonds. The van der Waals surface area contributed by atoms with Crippen molar-refractivity contribution >= 4 is 21.6 Å². The van der Waals surface area contributed by atoms with Crippen molar-refractivity contribution in [1.82, 2.24) is 4.72 Å². The molecular formula is C9H17ClF3NO2S. The summed E-state index contributed by atoms with van der Waals surface area (Å²) in [5.41, 5.74) is 0. The van der Waals surface area contributed by atoms with Crippen LogP contribution in [0.5, 0.6) is 0 Å². The Hall–Kier alpha value is -0.0100. The average molecular weight is 296 g/mol. The molecule has 1 unspecified atom stereocenters. The second-order valence-electron chi connectivity index (χ2n) is 3.73. The number of hydrogen-bond donors (Lipinski definition) is 1. The topological polar surface area (TPSA) is 46.2 Å². The Morgan fingerprint density at radius 2 is 1.94 bits per heavy atom. The summed E-state index contributed by atoms with van der Waals surface area (Å²) >= 11 is 5.77. The molecule has 3 nitrogen and oxygen atoms in total. The first-order chi connectivity index (χ1) is 7.66. The lowest BCUT2D eigenvalue weighted by molar-refractivity contribution is -0.134. The van der Waals surface area contributed by atoms with Crippen LogP contribution < -0.4 is 4.72 Å². The molecule has 1 atom stereocenters. The van der Waals surface area contributed by atoms with E-state index in [2.05, 4.69) is 4.72 Å². The molecule has 0 aromatic heterocycles. The van der Waals surface area contributed by atoms with Crippen molar-refractivity contribution in [3.05, 3.63) is 0 Å². The molecule has 0 saturated heterocycles. The molecule has 0 radical (unpaired) electrons. The van der Waals surface area contributed by atoms with Crippen molar-refractivity contribution in [3.63, 3.8) is 0 Å². The van der Waals surface area contributed by atoms with Crippen LogP contribution in [0.25, 0.3) is 0 Å². The fourth-order valence-electron chi connectivity index (χ4n) is 1.11. The number of halogens is 4. The van der Waals surface area contributed by atoms with Crippen LogP contribution >= 0.6 is 11.6 Å². The van der Waals surface area contributed by atoms with Gasteiger partial charge in [-0.15, -0.1) is 11.6 Å². The van der Waals surface area contributed by atoms with Crippen LogP contribution in [0.3, 0.4) is 0 Å². The van der Waals surface area contributed by atoms with Gasteiger partial charge in [0.1, 0.15) is 0 Å². The third-order valence-corrected chi connectivity index (χ3v) is 4.09. The third kappa shape index (κ3) is 10.8. The highest BCUT2D eigenvalue weighted by atomic mass is 35.5. The number of hydrogen-bond acceptors (Lipinski definition) is 2. The van der Waals surface area contributed by atoms with Crippen molar-refractivity contribution in [2.45, 2.75) is 44.2 Å². The van der Waals surface area contributed by atoms with Crippen molar-refractivity contribution in [2.75, 3.05) is 12.3 Å². The molecule has 0 saturated carbocycles. The lowest BCUT2D eigenvalue weighted by Crippen LogP contribution is -2.29. The summed E-state index contributed by atoms with van der Waals surface area (Å²) in [5.74, 6) is -0.508. The van der Waals surface area contributed by atoms with Crippen molar-refractivity contribution in [3.8, 4) is 0 Å². The second kappa shape index (κ2) is 7.43. The minimum absolute atomic E-state index is 0.118. The van der Waals surface area contributed by atoms with Gasteiger partial charge in [0.15, 0.2) is 0 Å². The van der Waals surface area contributed by atoms with Crippen LogP contribution in [0.1, 0.15) is 32.6 Å². The van der Waals surface area contributed by atoms with E-state index in [9.17, 15) is 21.6 Å². The highest BCUT2D eigenvalue weighted by Crippen LogP contribution is 2.21. The van der Waals surface area contributed by atoms with E-state index < -0.39 is 34.8 Å². The minimum Gasteiger partial charge on any atom is -0.215 e. The lowest BCUT2D eigenvalue weighted by Gasteiger charge is -2.09. The van der Waals surface area contributed by atoms with E-state index in [1.807, 2.05) is 6.92 Å². The van der Waals surface area contributed by atoms with Gasteiger partial charge >= 0.3 is 6.18 Å². The second-order valence-corrected chi connectivity index (χ2v) is 6.27. The number of rotatable bonds is 8. The first-order valence-electron chi connectivity index (χ1n) is 5.34. The van der Waals surface area contributed by atoms with Crippen molar-refractivity contribution < 1.29 is 21.6 Å². The predicted molar refractivity (Wildman–Crippen MR) is 61.6 cm³/mol. The fraction of sp³-hybridized carbons (Fsp3) is 1.00. The highest BCUT2D eigenvalue weighted by molar-refractivity contribution is 7.89. The van der Waals surface area contributed by atoms with Gasteiger partial charge in [0.25, 0.3) is 0 Å². The molecule has 0 spiro atoms. The normalized spacial score (nSPS) is 14.9. The van der Waals surface area contributed by atoms with E-state index in [0.29, 0.717) is 6.42 Å². The summed E-state index contributed by atoms with van der Waals surface area (Å²) in [6.07, 6.45) is -4.62. The standard InChI is InChI=1S/C9H17ClF3NO2S/c1-2-8(10)4-6-14-17(15,16)7-3-5-9(11,12)13/h8,14H,2-7H2,1H3. The zero-order chi connectivity index (χ0) is 13.5. The van der Waals surface area contributed by atoms with Gasteiger partial charge in [-0.1, -0.05) is 6.92 Å². The Morgan fingerprint density at radius 3 is 2.41 bits per heavy atom. The molecule has 0 aliphatic rings. The molecule has 1 N–H and O–H groups in total. The molecule has 17 heavy (non-hydrogen) atoms. The first kappa shape index (κ1) is 17.0. The summed E-state index contributed by atoms with van der Waals surface area (Å²) < 4.78 is 60.2. The highest BCUT2D eigenvalue weighted by Gasteiger charge is 2.27. The maximum Gasteiger partial charge on any atom is 0.389 e. The average Bonchev–Trinajstić information content (AvgIpc) is 2.14. The van der Waals surface area contributed by atoms with Crippen molar-refractivity contribution in [2.24, 2.45) is 0 Å². The smallest absolute Gasteiger partial charge is 0.215 e. The molecule has 104 valence electrons. The Balaban J connectivity index is 3.81. The monoisotopic (exact) mass is 295 g/mol. The van der Waals surface area contributed by atoms with Gasteiger partial charge in [0, 0.05) is 18.3 Å². The largest absolute Gasteiger partial charge is 0.389 e. The molecule has 8 heteroatoms. The molecule has 0 rings (SSSR count). The van der Waals surface area contributed by atoms with Crippen LogP contribution in [0.15, 0.2) is 0 Å². The zero-order valence-electron chi connectivity index (χ0n) is 9.56. The van der Waals surface area contributed by atoms with Gasteiger partial charge in [-0.25, -0.2) is 13.1 Å². The van der Waals surface area contributed by atoms with E-state index in [0.717, 1.165) is 6.42 Å². The number of alkyl halides is 4. The van der Waals surface area contributed by atoms with Gasteiger partial charge in [-0.2, -0.15) is 13.2 Å². The summed E-state index contributed by atoms with van der Waals surface area (Å²) in [4.78, 5) is 0. The van der Waals surface area contributed by atoms with Crippen LogP contribution in [-0.2, 0) is 10.0 Å². The molecule has 0 aromatic carbocycles. The molecule has 0 fully saturated rings. The number of sulfonamides is 1. The molecule has 0 aliphatic carbocycles. The van der Waals surface area contributed by atoms with E-state index >= 15 is 0 Å². The Kier molecular flexibility index (Phi) is 7.43. The van der Waals surface area contributed by atoms with Crippen LogP contribution in [-0.4, -0.2) is 32.3 Å². The first-order valence-corrected chi connectivity index (χ1v) is 7.43. The molecule has 0 bridgehead atoms. The van der Waals surface area contributed by atoms with Gasteiger partial charge in [0.05, 0.1) is 5.75 Å².